The van der Waals surface area contributed by atoms with E-state index < -0.39 is 0 Å². The van der Waals surface area contributed by atoms with E-state index >= 15 is 0 Å². The molecule has 0 fully saturated rings. The fraction of sp³-hybridized carbons (Fsp3) is 0.375. The van der Waals surface area contributed by atoms with Crippen LogP contribution in [0.3, 0.4) is 0 Å². The van der Waals surface area contributed by atoms with Crippen molar-refractivity contribution in [3.05, 3.63) is 34.2 Å². The minimum atomic E-state index is 0.0712. The summed E-state index contributed by atoms with van der Waals surface area (Å²) >= 11 is 0. The predicted octanol–water partition coefficient (Wildman–Crippen LogP) is 0.105. The maximum atomic E-state index is 11.3. The molecule has 1 N–H and O–H groups in total. The van der Waals surface area contributed by atoms with Crippen LogP contribution >= 0.6 is 0 Å². The van der Waals surface area contributed by atoms with Crippen molar-refractivity contribution < 1.29 is 0 Å². The molecule has 0 bridgehead atoms. The summed E-state index contributed by atoms with van der Waals surface area (Å²) in [6.45, 7) is 0.632. The minimum Gasteiger partial charge on any atom is -0.318 e. The second-order valence-corrected chi connectivity index (χ2v) is 2.48. The van der Waals surface area contributed by atoms with Gasteiger partial charge < -0.3 is 9.88 Å². The van der Waals surface area contributed by atoms with E-state index in [9.17, 15) is 4.79 Å². The number of pyridine rings is 1. The molecule has 0 aliphatic rings. The van der Waals surface area contributed by atoms with Crippen molar-refractivity contribution in [2.75, 3.05) is 7.05 Å². The number of aryl methyl sites for hydroxylation is 1. The Kier molecular flexibility index (Phi) is 2.44. The molecule has 0 unspecified atom stereocenters. The Labute approximate surface area is 65.7 Å². The van der Waals surface area contributed by atoms with Crippen molar-refractivity contribution in [2.45, 2.75) is 6.54 Å². The Morgan fingerprint density at radius 2 is 2.36 bits per heavy atom. The maximum absolute atomic E-state index is 11.3. The third-order valence-corrected chi connectivity index (χ3v) is 1.57. The maximum Gasteiger partial charge on any atom is 0.254 e. The molecule has 60 valence electrons. The Morgan fingerprint density at radius 3 is 3.00 bits per heavy atom. The van der Waals surface area contributed by atoms with Crippen LogP contribution in [-0.4, -0.2) is 11.6 Å². The average molecular weight is 152 g/mol. The van der Waals surface area contributed by atoms with Crippen LogP contribution in [0.2, 0.25) is 0 Å². The quantitative estimate of drug-likeness (QED) is 0.652. The number of hydrogen-bond acceptors (Lipinski definition) is 2. The van der Waals surface area contributed by atoms with E-state index in [4.69, 9.17) is 0 Å². The summed E-state index contributed by atoms with van der Waals surface area (Å²) in [6, 6.07) is 3.70. The lowest BCUT2D eigenvalue weighted by Crippen LogP contribution is -2.23. The van der Waals surface area contributed by atoms with Gasteiger partial charge in [0.05, 0.1) is 0 Å². The summed E-state index contributed by atoms with van der Waals surface area (Å²) in [5, 5.41) is 2.94. The number of nitrogens with one attached hydrogen (secondary N) is 1. The van der Waals surface area contributed by atoms with Crippen LogP contribution in [-0.2, 0) is 13.6 Å². The normalized spacial score (nSPS) is 10.0. The van der Waals surface area contributed by atoms with Gasteiger partial charge in [-0.15, -0.1) is 0 Å². The molecule has 3 nitrogen and oxygen atoms in total. The van der Waals surface area contributed by atoms with E-state index in [0.717, 1.165) is 5.56 Å². The van der Waals surface area contributed by atoms with Crippen LogP contribution in [0, 0.1) is 0 Å². The SMILES string of the molecule is CNCc1cccn(C)c1=O. The first-order valence-electron chi connectivity index (χ1n) is 3.55. The topological polar surface area (TPSA) is 34.0 Å². The largest absolute Gasteiger partial charge is 0.318 e. The van der Waals surface area contributed by atoms with Gasteiger partial charge in [-0.25, -0.2) is 0 Å². The zero-order chi connectivity index (χ0) is 8.27. The lowest BCUT2D eigenvalue weighted by Gasteiger charge is -2.00. The number of aromatic nitrogens is 1. The van der Waals surface area contributed by atoms with Crippen molar-refractivity contribution in [2.24, 2.45) is 7.05 Å². The van der Waals surface area contributed by atoms with Crippen LogP contribution in [0.1, 0.15) is 5.56 Å². The first kappa shape index (κ1) is 8.01. The molecule has 0 spiro atoms. The van der Waals surface area contributed by atoms with Crippen LogP contribution < -0.4 is 10.9 Å². The van der Waals surface area contributed by atoms with Gasteiger partial charge in [-0.05, 0) is 13.1 Å². The van der Waals surface area contributed by atoms with Crippen LogP contribution in [0.15, 0.2) is 23.1 Å². The molecule has 0 atom stereocenters. The van der Waals surface area contributed by atoms with E-state index in [1.54, 1.807) is 17.8 Å². The lowest BCUT2D eigenvalue weighted by atomic mass is 10.3. The third kappa shape index (κ3) is 1.68. The number of hydrogen-bond donors (Lipinski definition) is 1. The van der Waals surface area contributed by atoms with Crippen molar-refractivity contribution >= 4 is 0 Å². The summed E-state index contributed by atoms with van der Waals surface area (Å²) in [5.41, 5.74) is 0.874. The molecule has 3 heteroatoms. The van der Waals surface area contributed by atoms with E-state index in [0.29, 0.717) is 6.54 Å². The highest BCUT2D eigenvalue weighted by Gasteiger charge is 1.96. The molecule has 1 rings (SSSR count). The van der Waals surface area contributed by atoms with Gasteiger partial charge in [0.1, 0.15) is 0 Å². The number of nitrogens with zero attached hydrogens (tertiary/aromatic N) is 1. The van der Waals surface area contributed by atoms with Gasteiger partial charge in [0.25, 0.3) is 5.56 Å². The molecule has 11 heavy (non-hydrogen) atoms. The second-order valence-electron chi connectivity index (χ2n) is 2.48. The van der Waals surface area contributed by atoms with Gasteiger partial charge in [-0.1, -0.05) is 6.07 Å². The molecule has 0 saturated carbocycles. The van der Waals surface area contributed by atoms with Crippen LogP contribution in [0.4, 0.5) is 0 Å². The molecule has 0 saturated heterocycles. The fourth-order valence-corrected chi connectivity index (χ4v) is 0.979. The summed E-state index contributed by atoms with van der Waals surface area (Å²) in [5.74, 6) is 0. The monoisotopic (exact) mass is 152 g/mol. The highest BCUT2D eigenvalue weighted by molar-refractivity contribution is 5.09. The number of rotatable bonds is 2. The Hall–Kier alpha value is -1.09. The Balaban J connectivity index is 3.07. The second kappa shape index (κ2) is 3.34. The molecule has 1 aromatic rings. The van der Waals surface area contributed by atoms with Crippen LogP contribution in [0.5, 0.6) is 0 Å². The van der Waals surface area contributed by atoms with E-state index in [2.05, 4.69) is 5.32 Å². The summed E-state index contributed by atoms with van der Waals surface area (Å²) in [7, 11) is 3.58. The Bertz CT molecular complexity index is 290. The summed E-state index contributed by atoms with van der Waals surface area (Å²) < 4.78 is 1.58. The van der Waals surface area contributed by atoms with Crippen molar-refractivity contribution in [1.29, 1.82) is 0 Å². The van der Waals surface area contributed by atoms with E-state index in [1.165, 1.54) is 0 Å². The smallest absolute Gasteiger partial charge is 0.254 e. The fourth-order valence-electron chi connectivity index (χ4n) is 0.979. The standard InChI is InChI=1S/C8H12N2O/c1-9-6-7-4-3-5-10(2)8(7)11/h3-5,9H,6H2,1-2H3. The highest BCUT2D eigenvalue weighted by atomic mass is 16.1. The molecular formula is C8H12N2O. The van der Waals surface area contributed by atoms with E-state index in [-0.39, 0.29) is 5.56 Å². The molecule has 1 aromatic heterocycles. The zero-order valence-electron chi connectivity index (χ0n) is 6.79. The van der Waals surface area contributed by atoms with Crippen LogP contribution in [0.25, 0.3) is 0 Å². The van der Waals surface area contributed by atoms with Crippen molar-refractivity contribution in [3.63, 3.8) is 0 Å². The average Bonchev–Trinajstić information content (AvgIpc) is 1.99. The highest BCUT2D eigenvalue weighted by Crippen LogP contribution is 1.88. The van der Waals surface area contributed by atoms with Gasteiger partial charge in [-0.3, -0.25) is 4.79 Å². The molecular weight excluding hydrogens is 140 g/mol. The Morgan fingerprint density at radius 1 is 1.64 bits per heavy atom. The molecule has 0 radical (unpaired) electrons. The first-order chi connectivity index (χ1) is 5.25. The molecule has 0 aliphatic heterocycles. The van der Waals surface area contributed by atoms with Crippen molar-refractivity contribution in [1.82, 2.24) is 9.88 Å². The lowest BCUT2D eigenvalue weighted by molar-refractivity contribution is 0.768. The molecule has 0 amide bonds. The molecule has 1 heterocycles. The first-order valence-corrected chi connectivity index (χ1v) is 3.55. The van der Waals surface area contributed by atoms with Crippen molar-refractivity contribution in [3.8, 4) is 0 Å². The summed E-state index contributed by atoms with van der Waals surface area (Å²) in [6.07, 6.45) is 1.75. The van der Waals surface area contributed by atoms with Gasteiger partial charge in [0, 0.05) is 25.4 Å². The predicted molar refractivity (Wildman–Crippen MR) is 44.4 cm³/mol. The van der Waals surface area contributed by atoms with Gasteiger partial charge in [0.2, 0.25) is 0 Å². The van der Waals surface area contributed by atoms with E-state index in [1.807, 2.05) is 19.2 Å². The zero-order valence-corrected chi connectivity index (χ0v) is 6.79. The van der Waals surface area contributed by atoms with Gasteiger partial charge >= 0.3 is 0 Å². The van der Waals surface area contributed by atoms with Gasteiger partial charge in [-0.2, -0.15) is 0 Å². The minimum absolute atomic E-state index is 0.0712. The molecule has 0 aromatic carbocycles. The molecule has 0 aliphatic carbocycles. The summed E-state index contributed by atoms with van der Waals surface area (Å²) in [4.78, 5) is 11.3. The third-order valence-electron chi connectivity index (χ3n) is 1.57. The van der Waals surface area contributed by atoms with Gasteiger partial charge in [0.15, 0.2) is 0 Å².